The van der Waals surface area contributed by atoms with E-state index in [0.717, 1.165) is 47.8 Å². The molecule has 0 aliphatic rings. The summed E-state index contributed by atoms with van der Waals surface area (Å²) in [6.07, 6.45) is 1.83. The molecule has 0 amide bonds. The fourth-order valence-corrected chi connectivity index (χ4v) is 2.15. The highest BCUT2D eigenvalue weighted by Gasteiger charge is 2.12. The van der Waals surface area contributed by atoms with Gasteiger partial charge in [0.25, 0.3) is 0 Å². The summed E-state index contributed by atoms with van der Waals surface area (Å²) in [7, 11) is 0. The van der Waals surface area contributed by atoms with Crippen molar-refractivity contribution in [2.75, 3.05) is 11.9 Å². The Labute approximate surface area is 125 Å². The molecule has 0 aliphatic carbocycles. The van der Waals surface area contributed by atoms with E-state index < -0.39 is 0 Å². The molecule has 4 heteroatoms. The molecule has 0 aliphatic heterocycles. The van der Waals surface area contributed by atoms with E-state index >= 15 is 0 Å². The van der Waals surface area contributed by atoms with Gasteiger partial charge in [-0.05, 0) is 25.5 Å². The fourth-order valence-electron chi connectivity index (χ4n) is 2.15. The van der Waals surface area contributed by atoms with E-state index in [-0.39, 0.29) is 0 Å². The van der Waals surface area contributed by atoms with Crippen molar-refractivity contribution in [3.05, 3.63) is 41.2 Å². The summed E-state index contributed by atoms with van der Waals surface area (Å²) >= 11 is 0. The van der Waals surface area contributed by atoms with Crippen molar-refractivity contribution in [2.24, 2.45) is 0 Å². The lowest BCUT2D eigenvalue weighted by molar-refractivity contribution is 0.911. The number of benzene rings is 1. The zero-order valence-corrected chi connectivity index (χ0v) is 12.8. The highest BCUT2D eigenvalue weighted by Crippen LogP contribution is 2.26. The molecule has 2 aromatic rings. The van der Waals surface area contributed by atoms with Crippen molar-refractivity contribution in [3.8, 4) is 17.3 Å². The van der Waals surface area contributed by atoms with Crippen LogP contribution in [0.2, 0.25) is 0 Å². The van der Waals surface area contributed by atoms with Crippen LogP contribution in [0.5, 0.6) is 0 Å². The number of aromatic nitrogens is 2. The summed E-state index contributed by atoms with van der Waals surface area (Å²) in [5.74, 6) is 1.71. The van der Waals surface area contributed by atoms with Crippen LogP contribution in [-0.4, -0.2) is 16.5 Å². The maximum atomic E-state index is 9.05. The summed E-state index contributed by atoms with van der Waals surface area (Å²) in [5, 5.41) is 12.4. The molecule has 108 valence electrons. The third-order valence-corrected chi connectivity index (χ3v) is 3.32. The van der Waals surface area contributed by atoms with Gasteiger partial charge in [-0.15, -0.1) is 0 Å². The third-order valence-electron chi connectivity index (χ3n) is 3.32. The first-order valence-electron chi connectivity index (χ1n) is 7.31. The van der Waals surface area contributed by atoms with Crippen LogP contribution < -0.4 is 5.32 Å². The van der Waals surface area contributed by atoms with Crippen LogP contribution in [0.3, 0.4) is 0 Å². The Morgan fingerprint density at radius 2 is 2.05 bits per heavy atom. The SMILES string of the molecule is CCCNc1nc(CC)nc(-c2cccc(C#N)c2)c1C. The van der Waals surface area contributed by atoms with Gasteiger partial charge in [0.1, 0.15) is 11.6 Å². The molecule has 2 rings (SSSR count). The highest BCUT2D eigenvalue weighted by molar-refractivity contribution is 5.69. The maximum absolute atomic E-state index is 9.05. The van der Waals surface area contributed by atoms with Crippen molar-refractivity contribution >= 4 is 5.82 Å². The second-order valence-corrected chi connectivity index (χ2v) is 4.93. The lowest BCUT2D eigenvalue weighted by Gasteiger charge is -2.13. The number of rotatable bonds is 5. The molecule has 0 atom stereocenters. The number of hydrogen-bond acceptors (Lipinski definition) is 4. The van der Waals surface area contributed by atoms with Crippen molar-refractivity contribution in [1.29, 1.82) is 5.26 Å². The summed E-state index contributed by atoms with van der Waals surface area (Å²) in [6.45, 7) is 7.08. The summed E-state index contributed by atoms with van der Waals surface area (Å²) in [5.41, 5.74) is 3.53. The van der Waals surface area contributed by atoms with Gasteiger partial charge in [-0.25, -0.2) is 9.97 Å². The Bertz CT molecular complexity index is 671. The molecule has 1 aromatic carbocycles. The van der Waals surface area contributed by atoms with E-state index in [4.69, 9.17) is 5.26 Å². The molecule has 4 nitrogen and oxygen atoms in total. The van der Waals surface area contributed by atoms with E-state index in [2.05, 4.69) is 28.3 Å². The molecule has 0 unspecified atom stereocenters. The number of anilines is 1. The summed E-state index contributed by atoms with van der Waals surface area (Å²) < 4.78 is 0. The first-order chi connectivity index (χ1) is 10.2. The maximum Gasteiger partial charge on any atom is 0.133 e. The molecule has 1 N–H and O–H groups in total. The lowest BCUT2D eigenvalue weighted by atomic mass is 10.0. The minimum atomic E-state index is 0.645. The molecule has 0 spiro atoms. The lowest BCUT2D eigenvalue weighted by Crippen LogP contribution is -2.08. The van der Waals surface area contributed by atoms with Crippen LogP contribution in [0.15, 0.2) is 24.3 Å². The van der Waals surface area contributed by atoms with Gasteiger partial charge in [0.2, 0.25) is 0 Å². The Hall–Kier alpha value is -2.41. The second kappa shape index (κ2) is 6.85. The smallest absolute Gasteiger partial charge is 0.133 e. The van der Waals surface area contributed by atoms with E-state index in [9.17, 15) is 0 Å². The minimum absolute atomic E-state index is 0.645. The summed E-state index contributed by atoms with van der Waals surface area (Å²) in [6, 6.07) is 9.73. The molecule has 0 bridgehead atoms. The molecule has 0 radical (unpaired) electrons. The van der Waals surface area contributed by atoms with Gasteiger partial charge < -0.3 is 5.32 Å². The van der Waals surface area contributed by atoms with Crippen molar-refractivity contribution in [2.45, 2.75) is 33.6 Å². The average molecular weight is 280 g/mol. The van der Waals surface area contributed by atoms with Gasteiger partial charge in [0.15, 0.2) is 0 Å². The Kier molecular flexibility index (Phi) is 4.89. The van der Waals surface area contributed by atoms with Gasteiger partial charge in [-0.1, -0.05) is 26.0 Å². The molecule has 0 fully saturated rings. The highest BCUT2D eigenvalue weighted by atomic mass is 15.0. The zero-order chi connectivity index (χ0) is 15.2. The van der Waals surface area contributed by atoms with Gasteiger partial charge in [0.05, 0.1) is 17.3 Å². The van der Waals surface area contributed by atoms with Crippen molar-refractivity contribution < 1.29 is 0 Å². The minimum Gasteiger partial charge on any atom is -0.370 e. The van der Waals surface area contributed by atoms with Crippen LogP contribution in [0.1, 0.15) is 37.2 Å². The van der Waals surface area contributed by atoms with Crippen LogP contribution in [0.25, 0.3) is 11.3 Å². The second-order valence-electron chi connectivity index (χ2n) is 4.93. The number of hydrogen-bond donors (Lipinski definition) is 1. The zero-order valence-electron chi connectivity index (χ0n) is 12.8. The topological polar surface area (TPSA) is 61.6 Å². The molecule has 0 saturated carbocycles. The quantitative estimate of drug-likeness (QED) is 0.907. The first kappa shape index (κ1) is 15.0. The van der Waals surface area contributed by atoms with Crippen LogP contribution in [0.4, 0.5) is 5.82 Å². The Morgan fingerprint density at radius 1 is 1.24 bits per heavy atom. The van der Waals surface area contributed by atoms with Gasteiger partial charge >= 0.3 is 0 Å². The number of nitriles is 1. The van der Waals surface area contributed by atoms with Crippen molar-refractivity contribution in [1.82, 2.24) is 9.97 Å². The number of nitrogens with zero attached hydrogens (tertiary/aromatic N) is 3. The molecule has 1 aromatic heterocycles. The van der Waals surface area contributed by atoms with E-state index in [0.29, 0.717) is 5.56 Å². The predicted octanol–water partition coefficient (Wildman–Crippen LogP) is 3.71. The Morgan fingerprint density at radius 3 is 2.71 bits per heavy atom. The molecule has 0 saturated heterocycles. The van der Waals surface area contributed by atoms with Crippen LogP contribution >= 0.6 is 0 Å². The normalized spacial score (nSPS) is 10.2. The fraction of sp³-hybridized carbons (Fsp3) is 0.353. The largest absolute Gasteiger partial charge is 0.370 e. The van der Waals surface area contributed by atoms with Gasteiger partial charge in [-0.3, -0.25) is 0 Å². The number of nitrogens with one attached hydrogen (secondary N) is 1. The molecule has 1 heterocycles. The van der Waals surface area contributed by atoms with Crippen LogP contribution in [-0.2, 0) is 6.42 Å². The third kappa shape index (κ3) is 3.38. The molecular formula is C17H20N4. The van der Waals surface area contributed by atoms with E-state index in [1.165, 1.54) is 0 Å². The van der Waals surface area contributed by atoms with E-state index in [1.54, 1.807) is 6.07 Å². The molecule has 21 heavy (non-hydrogen) atoms. The number of aryl methyl sites for hydroxylation is 1. The van der Waals surface area contributed by atoms with Gasteiger partial charge in [-0.2, -0.15) is 5.26 Å². The standard InChI is InChI=1S/C17H20N4/c1-4-9-19-17-12(3)16(20-15(5-2)21-17)14-8-6-7-13(10-14)11-18/h6-8,10H,4-5,9H2,1-3H3,(H,19,20,21). The molecular weight excluding hydrogens is 260 g/mol. The summed E-state index contributed by atoms with van der Waals surface area (Å²) in [4.78, 5) is 9.21. The monoisotopic (exact) mass is 280 g/mol. The predicted molar refractivity (Wildman–Crippen MR) is 85.1 cm³/mol. The van der Waals surface area contributed by atoms with Gasteiger partial charge in [0, 0.05) is 24.1 Å². The average Bonchev–Trinajstić information content (AvgIpc) is 2.54. The Balaban J connectivity index is 2.53. The van der Waals surface area contributed by atoms with E-state index in [1.807, 2.05) is 32.0 Å². The van der Waals surface area contributed by atoms with Crippen LogP contribution in [0, 0.1) is 18.3 Å². The first-order valence-corrected chi connectivity index (χ1v) is 7.31. The van der Waals surface area contributed by atoms with Crippen molar-refractivity contribution in [3.63, 3.8) is 0 Å².